The minimum absolute atomic E-state index is 0.0624. The van der Waals surface area contributed by atoms with Crippen LogP contribution in [-0.4, -0.2) is 70.1 Å². The molecule has 3 heterocycles. The van der Waals surface area contributed by atoms with Crippen LogP contribution in [0, 0.1) is 0 Å². The lowest BCUT2D eigenvalue weighted by Crippen LogP contribution is -2.31. The van der Waals surface area contributed by atoms with Gasteiger partial charge in [-0.2, -0.15) is 0 Å². The maximum atomic E-state index is 11.7. The van der Waals surface area contributed by atoms with Crippen LogP contribution in [-0.2, 0) is 19.0 Å². The first-order chi connectivity index (χ1) is 20.4. The Morgan fingerprint density at radius 1 is 0.738 bits per heavy atom. The molecule has 42 heavy (non-hydrogen) atoms. The smallest absolute Gasteiger partial charge is 0.334 e. The van der Waals surface area contributed by atoms with E-state index in [-0.39, 0.29) is 48.7 Å². The summed E-state index contributed by atoms with van der Waals surface area (Å²) in [5.41, 5.74) is 0.583. The molecule has 0 amide bonds. The van der Waals surface area contributed by atoms with Gasteiger partial charge in [0.1, 0.15) is 6.10 Å². The fraction of sp³-hybridized carbons (Fsp3) is 0.914. The van der Waals surface area contributed by atoms with Crippen molar-refractivity contribution in [1.29, 1.82) is 0 Å². The number of rotatable bonds is 23. The average molecular weight is 595 g/mol. The molecule has 0 bridgehead atoms. The van der Waals surface area contributed by atoms with Crippen LogP contribution < -0.4 is 0 Å². The molecule has 0 aliphatic carbocycles. The third-order valence-corrected chi connectivity index (χ3v) is 9.48. The molecule has 3 aliphatic heterocycles. The van der Waals surface area contributed by atoms with Crippen LogP contribution in [0.25, 0.3) is 0 Å². The van der Waals surface area contributed by atoms with Crippen molar-refractivity contribution in [3.8, 4) is 0 Å². The van der Waals surface area contributed by atoms with Gasteiger partial charge in [-0.25, -0.2) is 4.79 Å². The van der Waals surface area contributed by atoms with Gasteiger partial charge < -0.3 is 29.5 Å². The zero-order valence-corrected chi connectivity index (χ0v) is 26.7. The highest BCUT2D eigenvalue weighted by atomic mass is 16.6. The van der Waals surface area contributed by atoms with E-state index in [1.807, 2.05) is 6.92 Å². The van der Waals surface area contributed by atoms with Crippen molar-refractivity contribution in [2.24, 2.45) is 0 Å². The molecule has 8 atom stereocenters. The van der Waals surface area contributed by atoms with Crippen molar-refractivity contribution < 1.29 is 34.3 Å². The normalized spacial score (nSPS) is 28.2. The van der Waals surface area contributed by atoms with Crippen molar-refractivity contribution in [3.63, 3.8) is 0 Å². The first-order valence-corrected chi connectivity index (χ1v) is 17.6. The topological polar surface area (TPSA) is 105 Å². The summed E-state index contributed by atoms with van der Waals surface area (Å²) >= 11 is 0. The number of aliphatic hydroxyl groups excluding tert-OH is 3. The molecule has 3 aliphatic rings. The van der Waals surface area contributed by atoms with E-state index in [0.29, 0.717) is 24.8 Å². The minimum atomic E-state index is -0.527. The summed E-state index contributed by atoms with van der Waals surface area (Å²) in [6.45, 7) is 4.08. The summed E-state index contributed by atoms with van der Waals surface area (Å²) < 4.78 is 17.7. The molecule has 0 unspecified atom stereocenters. The van der Waals surface area contributed by atoms with Gasteiger partial charge in [0, 0.05) is 12.0 Å². The van der Waals surface area contributed by atoms with E-state index >= 15 is 0 Å². The number of ether oxygens (including phenoxy) is 3. The molecule has 244 valence electrons. The van der Waals surface area contributed by atoms with Crippen molar-refractivity contribution in [2.75, 3.05) is 0 Å². The Morgan fingerprint density at radius 3 is 1.98 bits per heavy atom. The lowest BCUT2D eigenvalue weighted by molar-refractivity contribution is -0.139. The molecule has 0 aromatic carbocycles. The van der Waals surface area contributed by atoms with Crippen LogP contribution in [0.3, 0.4) is 0 Å². The van der Waals surface area contributed by atoms with Crippen LogP contribution >= 0.6 is 0 Å². The summed E-state index contributed by atoms with van der Waals surface area (Å²) in [7, 11) is 0. The van der Waals surface area contributed by atoms with Gasteiger partial charge in [0.05, 0.1) is 42.7 Å². The largest absolute Gasteiger partial charge is 0.455 e. The SMILES string of the molecule is CCCCCCCCCCCC[C@H](O)[C@@H]1CC[C@H]([C@@H]2CC[C@H](C[C@H](O)CCCCC[C@@H](O)CC3=C[C@H](C)OC3=O)O2)O1. The van der Waals surface area contributed by atoms with E-state index in [4.69, 9.17) is 14.2 Å². The molecule has 3 rings (SSSR count). The molecule has 0 aromatic rings. The Bertz CT molecular complexity index is 770. The lowest BCUT2D eigenvalue weighted by Gasteiger charge is -2.23. The average Bonchev–Trinajstić information content (AvgIpc) is 3.70. The molecule has 3 N–H and O–H groups in total. The van der Waals surface area contributed by atoms with E-state index in [2.05, 4.69) is 6.92 Å². The number of carbonyl (C=O) groups excluding carboxylic acids is 1. The Morgan fingerprint density at radius 2 is 1.31 bits per heavy atom. The lowest BCUT2D eigenvalue weighted by atomic mass is 9.99. The van der Waals surface area contributed by atoms with Crippen LogP contribution in [0.15, 0.2) is 11.6 Å². The highest BCUT2D eigenvalue weighted by Gasteiger charge is 2.39. The second kappa shape index (κ2) is 20.1. The summed E-state index contributed by atoms with van der Waals surface area (Å²) in [6, 6.07) is 0. The number of unbranched alkanes of at least 4 members (excludes halogenated alkanes) is 11. The van der Waals surface area contributed by atoms with Gasteiger partial charge in [0.2, 0.25) is 0 Å². The maximum Gasteiger partial charge on any atom is 0.334 e. The van der Waals surface area contributed by atoms with E-state index < -0.39 is 6.10 Å². The highest BCUT2D eigenvalue weighted by Crippen LogP contribution is 2.34. The van der Waals surface area contributed by atoms with Gasteiger partial charge in [-0.1, -0.05) is 90.4 Å². The first-order valence-electron chi connectivity index (χ1n) is 17.6. The molecule has 0 spiro atoms. The van der Waals surface area contributed by atoms with Gasteiger partial charge in [0.25, 0.3) is 0 Å². The summed E-state index contributed by atoms with van der Waals surface area (Å²) in [5.74, 6) is -0.308. The number of aliphatic hydroxyl groups is 3. The van der Waals surface area contributed by atoms with Gasteiger partial charge in [-0.3, -0.25) is 0 Å². The molecule has 7 nitrogen and oxygen atoms in total. The van der Waals surface area contributed by atoms with E-state index in [1.54, 1.807) is 6.08 Å². The second-order valence-electron chi connectivity index (χ2n) is 13.4. The van der Waals surface area contributed by atoms with Crippen LogP contribution in [0.4, 0.5) is 0 Å². The molecule has 2 fully saturated rings. The Balaban J connectivity index is 1.17. The molecular formula is C35H62O7. The van der Waals surface area contributed by atoms with Crippen LogP contribution in [0.5, 0.6) is 0 Å². The van der Waals surface area contributed by atoms with Crippen LogP contribution in [0.2, 0.25) is 0 Å². The molecule has 0 aromatic heterocycles. The number of carbonyl (C=O) groups is 1. The van der Waals surface area contributed by atoms with Gasteiger partial charge in [-0.05, 0) is 64.4 Å². The van der Waals surface area contributed by atoms with Crippen molar-refractivity contribution in [1.82, 2.24) is 0 Å². The second-order valence-corrected chi connectivity index (χ2v) is 13.4. The summed E-state index contributed by atoms with van der Waals surface area (Å²) in [5, 5.41) is 31.5. The molecule has 0 radical (unpaired) electrons. The predicted molar refractivity (Wildman–Crippen MR) is 166 cm³/mol. The highest BCUT2D eigenvalue weighted by molar-refractivity contribution is 5.90. The molecule has 7 heteroatoms. The molecular weight excluding hydrogens is 532 g/mol. The van der Waals surface area contributed by atoms with Crippen molar-refractivity contribution in [2.45, 2.75) is 204 Å². The Hall–Kier alpha value is -0.990. The third-order valence-electron chi connectivity index (χ3n) is 9.48. The fourth-order valence-corrected chi connectivity index (χ4v) is 6.95. The number of hydrogen-bond donors (Lipinski definition) is 3. The van der Waals surface area contributed by atoms with Gasteiger partial charge in [0.15, 0.2) is 0 Å². The van der Waals surface area contributed by atoms with Crippen molar-refractivity contribution >= 4 is 5.97 Å². The fourth-order valence-electron chi connectivity index (χ4n) is 6.95. The number of esters is 1. The molecule has 0 saturated carbocycles. The summed E-state index contributed by atoms with van der Waals surface area (Å²) in [6.07, 6.45) is 23.3. The van der Waals surface area contributed by atoms with Crippen LogP contribution in [0.1, 0.15) is 155 Å². The van der Waals surface area contributed by atoms with Gasteiger partial charge >= 0.3 is 5.97 Å². The van der Waals surface area contributed by atoms with Crippen molar-refractivity contribution in [3.05, 3.63) is 11.6 Å². The Kier molecular flexibility index (Phi) is 17.0. The van der Waals surface area contributed by atoms with E-state index in [1.165, 1.54) is 57.8 Å². The summed E-state index contributed by atoms with van der Waals surface area (Å²) in [4.78, 5) is 11.7. The zero-order chi connectivity index (χ0) is 30.2. The standard InChI is InChI=1S/C35H62O7/c1-3-4-5-6-7-8-9-10-11-15-18-31(38)32-21-22-34(42-32)33-20-19-30(41-33)25-29(37)17-14-12-13-16-28(36)24-27-23-26(2)40-35(27)39/h23,26,28-34,36-38H,3-22,24-25H2,1-2H3/t26-,28+,29+,30+,31-,32-,33-,34+/m0/s1. The monoisotopic (exact) mass is 594 g/mol. The molecule has 2 saturated heterocycles. The van der Waals surface area contributed by atoms with E-state index in [0.717, 1.165) is 64.2 Å². The van der Waals surface area contributed by atoms with E-state index in [9.17, 15) is 20.1 Å². The first kappa shape index (κ1) is 35.5. The Labute approximate surface area is 255 Å². The van der Waals surface area contributed by atoms with Gasteiger partial charge in [-0.15, -0.1) is 0 Å². The number of hydrogen-bond acceptors (Lipinski definition) is 7. The zero-order valence-electron chi connectivity index (χ0n) is 26.7. The predicted octanol–water partition coefficient (Wildman–Crippen LogP) is 7.08. The number of cyclic esters (lactones) is 1. The maximum absolute atomic E-state index is 11.7. The quantitative estimate of drug-likeness (QED) is 0.0858. The minimum Gasteiger partial charge on any atom is -0.455 e. The third kappa shape index (κ3) is 13.3.